The van der Waals surface area contributed by atoms with Crippen LogP contribution in [0.2, 0.25) is 0 Å². The van der Waals surface area contributed by atoms with Gasteiger partial charge in [0.05, 0.1) is 25.2 Å². The van der Waals surface area contributed by atoms with Gasteiger partial charge in [0.2, 0.25) is 0 Å². The van der Waals surface area contributed by atoms with Crippen LogP contribution >= 0.6 is 0 Å². The molecule has 1 aromatic carbocycles. The second-order valence-electron chi connectivity index (χ2n) is 4.22. The van der Waals surface area contributed by atoms with Gasteiger partial charge in [-0.05, 0) is 31.4 Å². The maximum Gasteiger partial charge on any atom is 0.338 e. The normalized spacial score (nSPS) is 11.7. The summed E-state index contributed by atoms with van der Waals surface area (Å²) < 4.78 is 9.94. The minimum absolute atomic E-state index is 0.0837. The molecule has 1 atom stereocenters. The highest BCUT2D eigenvalue weighted by Gasteiger charge is 2.19. The summed E-state index contributed by atoms with van der Waals surface area (Å²) in [5, 5.41) is 0. The van der Waals surface area contributed by atoms with Crippen LogP contribution in [0.3, 0.4) is 0 Å². The van der Waals surface area contributed by atoms with Gasteiger partial charge in [-0.15, -0.1) is 0 Å². The molecule has 0 fully saturated rings. The second kappa shape index (κ2) is 7.56. The topological polar surface area (TPSA) is 52.6 Å². The van der Waals surface area contributed by atoms with Crippen molar-refractivity contribution < 1.29 is 19.1 Å². The van der Waals surface area contributed by atoms with Crippen molar-refractivity contribution in [1.82, 2.24) is 0 Å². The van der Waals surface area contributed by atoms with Crippen molar-refractivity contribution in [3.63, 3.8) is 0 Å². The molecule has 0 aromatic heterocycles. The number of carbonyl (C=O) groups is 2. The smallest absolute Gasteiger partial charge is 0.338 e. The summed E-state index contributed by atoms with van der Waals surface area (Å²) >= 11 is 0. The van der Waals surface area contributed by atoms with E-state index in [9.17, 15) is 9.59 Å². The van der Waals surface area contributed by atoms with Gasteiger partial charge >= 0.3 is 11.9 Å². The van der Waals surface area contributed by atoms with Gasteiger partial charge in [-0.2, -0.15) is 0 Å². The van der Waals surface area contributed by atoms with E-state index in [-0.39, 0.29) is 24.3 Å². The molecule has 0 N–H and O–H groups in total. The predicted octanol–water partition coefficient (Wildman–Crippen LogP) is 2.92. The van der Waals surface area contributed by atoms with Gasteiger partial charge in [0.15, 0.2) is 0 Å². The first-order valence-electron chi connectivity index (χ1n) is 6.51. The molecule has 0 radical (unpaired) electrons. The van der Waals surface area contributed by atoms with E-state index in [1.807, 2.05) is 19.1 Å². The molecule has 0 aliphatic heterocycles. The minimum atomic E-state index is -0.353. The van der Waals surface area contributed by atoms with Gasteiger partial charge < -0.3 is 9.47 Å². The average Bonchev–Trinajstić information content (AvgIpc) is 2.39. The van der Waals surface area contributed by atoms with Crippen molar-refractivity contribution in [2.75, 3.05) is 13.2 Å². The van der Waals surface area contributed by atoms with Crippen LogP contribution < -0.4 is 0 Å². The van der Waals surface area contributed by atoms with Gasteiger partial charge in [0, 0.05) is 0 Å². The number of carbonyl (C=O) groups excluding carboxylic acids is 2. The molecule has 0 heterocycles. The highest BCUT2D eigenvalue weighted by molar-refractivity contribution is 5.91. The van der Waals surface area contributed by atoms with Crippen molar-refractivity contribution >= 4 is 11.9 Å². The summed E-state index contributed by atoms with van der Waals surface area (Å²) in [6.07, 6.45) is 0.254. The SMILES string of the molecule is CCOC(=O)CC(C)c1ccccc1C(=O)OCC. The van der Waals surface area contributed by atoms with E-state index in [0.29, 0.717) is 18.8 Å². The average molecular weight is 264 g/mol. The van der Waals surface area contributed by atoms with Crippen LogP contribution in [0.1, 0.15) is 49.0 Å². The lowest BCUT2D eigenvalue weighted by Crippen LogP contribution is -2.13. The fraction of sp³-hybridized carbons (Fsp3) is 0.467. The van der Waals surface area contributed by atoms with Crippen molar-refractivity contribution in [2.24, 2.45) is 0 Å². The Hall–Kier alpha value is -1.84. The van der Waals surface area contributed by atoms with Gasteiger partial charge in [-0.25, -0.2) is 4.79 Å². The van der Waals surface area contributed by atoms with Crippen LogP contribution in [0.15, 0.2) is 24.3 Å². The molecule has 0 spiro atoms. The molecule has 19 heavy (non-hydrogen) atoms. The Morgan fingerprint density at radius 3 is 2.37 bits per heavy atom. The predicted molar refractivity (Wildman–Crippen MR) is 72.1 cm³/mol. The zero-order valence-electron chi connectivity index (χ0n) is 11.6. The first-order chi connectivity index (χ1) is 9.10. The maximum absolute atomic E-state index is 11.8. The van der Waals surface area contributed by atoms with Crippen LogP contribution in [0.25, 0.3) is 0 Å². The molecule has 1 rings (SSSR count). The van der Waals surface area contributed by atoms with Crippen LogP contribution in [0.5, 0.6) is 0 Å². The third kappa shape index (κ3) is 4.39. The molecular formula is C15H20O4. The highest BCUT2D eigenvalue weighted by atomic mass is 16.5. The number of esters is 2. The third-order valence-corrected chi connectivity index (χ3v) is 2.77. The van der Waals surface area contributed by atoms with Gasteiger partial charge in [-0.3, -0.25) is 4.79 Å². The Balaban J connectivity index is 2.87. The summed E-state index contributed by atoms with van der Waals surface area (Å²) in [5.74, 6) is -0.692. The maximum atomic E-state index is 11.8. The molecule has 0 aliphatic rings. The Labute approximate surface area is 113 Å². The number of ether oxygens (including phenoxy) is 2. The van der Waals surface area contributed by atoms with Crippen molar-refractivity contribution in [3.05, 3.63) is 35.4 Å². The van der Waals surface area contributed by atoms with Crippen molar-refractivity contribution in [3.8, 4) is 0 Å². The Kier molecular flexibility index (Phi) is 6.06. The number of hydrogen-bond acceptors (Lipinski definition) is 4. The van der Waals surface area contributed by atoms with E-state index >= 15 is 0 Å². The second-order valence-corrected chi connectivity index (χ2v) is 4.22. The Morgan fingerprint density at radius 1 is 1.11 bits per heavy atom. The lowest BCUT2D eigenvalue weighted by atomic mass is 9.93. The summed E-state index contributed by atoms with van der Waals surface area (Å²) in [6.45, 7) is 6.14. The zero-order valence-corrected chi connectivity index (χ0v) is 11.6. The first-order valence-corrected chi connectivity index (χ1v) is 6.51. The van der Waals surface area contributed by atoms with E-state index in [4.69, 9.17) is 9.47 Å². The number of benzene rings is 1. The monoisotopic (exact) mass is 264 g/mol. The number of hydrogen-bond donors (Lipinski definition) is 0. The largest absolute Gasteiger partial charge is 0.466 e. The van der Waals surface area contributed by atoms with E-state index in [2.05, 4.69) is 0 Å². The van der Waals surface area contributed by atoms with E-state index in [1.165, 1.54) is 0 Å². The lowest BCUT2D eigenvalue weighted by Gasteiger charge is -2.15. The first kappa shape index (κ1) is 15.2. The summed E-state index contributed by atoms with van der Waals surface area (Å²) in [5.41, 5.74) is 1.33. The molecule has 104 valence electrons. The number of rotatable bonds is 6. The molecule has 0 amide bonds. The Morgan fingerprint density at radius 2 is 1.74 bits per heavy atom. The standard InChI is InChI=1S/C15H20O4/c1-4-18-14(16)10-11(3)12-8-6-7-9-13(12)15(17)19-5-2/h6-9,11H,4-5,10H2,1-3H3. The van der Waals surface area contributed by atoms with Gasteiger partial charge in [0.1, 0.15) is 0 Å². The minimum Gasteiger partial charge on any atom is -0.466 e. The van der Waals surface area contributed by atoms with Gasteiger partial charge in [-0.1, -0.05) is 25.1 Å². The molecule has 0 bridgehead atoms. The van der Waals surface area contributed by atoms with Crippen LogP contribution in [0.4, 0.5) is 0 Å². The molecule has 1 aromatic rings. The Bertz CT molecular complexity index is 440. The van der Waals surface area contributed by atoms with Crippen molar-refractivity contribution in [2.45, 2.75) is 33.1 Å². The van der Waals surface area contributed by atoms with Crippen molar-refractivity contribution in [1.29, 1.82) is 0 Å². The highest BCUT2D eigenvalue weighted by Crippen LogP contribution is 2.24. The molecule has 0 saturated carbocycles. The fourth-order valence-corrected chi connectivity index (χ4v) is 1.90. The van der Waals surface area contributed by atoms with Crippen LogP contribution in [-0.4, -0.2) is 25.2 Å². The molecule has 0 saturated heterocycles. The van der Waals surface area contributed by atoms with Crippen LogP contribution in [0, 0.1) is 0 Å². The molecule has 4 nitrogen and oxygen atoms in total. The fourth-order valence-electron chi connectivity index (χ4n) is 1.90. The summed E-state index contributed by atoms with van der Waals surface area (Å²) in [6, 6.07) is 7.19. The third-order valence-electron chi connectivity index (χ3n) is 2.77. The molecule has 4 heteroatoms. The summed E-state index contributed by atoms with van der Waals surface area (Å²) in [4.78, 5) is 23.3. The van der Waals surface area contributed by atoms with E-state index < -0.39 is 0 Å². The van der Waals surface area contributed by atoms with E-state index in [1.54, 1.807) is 26.0 Å². The molecule has 1 unspecified atom stereocenters. The molecule has 0 aliphatic carbocycles. The summed E-state index contributed by atoms with van der Waals surface area (Å²) in [7, 11) is 0. The van der Waals surface area contributed by atoms with Gasteiger partial charge in [0.25, 0.3) is 0 Å². The zero-order chi connectivity index (χ0) is 14.3. The van der Waals surface area contributed by atoms with E-state index in [0.717, 1.165) is 5.56 Å². The quantitative estimate of drug-likeness (QED) is 0.741. The molecular weight excluding hydrogens is 244 g/mol. The lowest BCUT2D eigenvalue weighted by molar-refractivity contribution is -0.143. The van der Waals surface area contributed by atoms with Crippen LogP contribution in [-0.2, 0) is 14.3 Å².